The highest BCUT2D eigenvalue weighted by atomic mass is 32.2. The minimum absolute atomic E-state index is 0.297. The summed E-state index contributed by atoms with van der Waals surface area (Å²) in [5.41, 5.74) is 2.95. The fraction of sp³-hybridized carbons (Fsp3) is 0.368. The van der Waals surface area contributed by atoms with E-state index >= 15 is 0 Å². The average Bonchev–Trinajstić information content (AvgIpc) is 2.53. The van der Waals surface area contributed by atoms with Crippen molar-refractivity contribution in [3.05, 3.63) is 59.7 Å². The molecule has 0 aliphatic heterocycles. The van der Waals surface area contributed by atoms with Crippen LogP contribution < -0.4 is 4.72 Å². The van der Waals surface area contributed by atoms with Gasteiger partial charge in [-0.1, -0.05) is 51.5 Å². The molecule has 2 aromatic carbocycles. The van der Waals surface area contributed by atoms with E-state index in [1.807, 2.05) is 36.4 Å². The van der Waals surface area contributed by atoms with Gasteiger partial charge in [-0.2, -0.15) is 0 Å². The number of hydrogen-bond donors (Lipinski definition) is 1. The van der Waals surface area contributed by atoms with Gasteiger partial charge in [0.25, 0.3) is 10.0 Å². The largest absolute Gasteiger partial charge is 0.280 e. The van der Waals surface area contributed by atoms with E-state index in [-0.39, 0.29) is 0 Å². The number of benzene rings is 2. The first-order valence-corrected chi connectivity index (χ1v) is 9.62. The maximum atomic E-state index is 12.4. The molecule has 0 radical (unpaired) electrons. The normalized spacial score (nSPS) is 11.7. The van der Waals surface area contributed by atoms with Crippen LogP contribution in [0.1, 0.15) is 50.7 Å². The quantitative estimate of drug-likeness (QED) is 0.780. The van der Waals surface area contributed by atoms with Crippen LogP contribution in [0.2, 0.25) is 0 Å². The van der Waals surface area contributed by atoms with Gasteiger partial charge >= 0.3 is 0 Å². The Kier molecular flexibility index (Phi) is 5.83. The molecule has 0 aromatic heterocycles. The number of hydrogen-bond acceptors (Lipinski definition) is 2. The second-order valence-corrected chi connectivity index (χ2v) is 7.81. The van der Waals surface area contributed by atoms with E-state index in [1.54, 1.807) is 12.1 Å². The van der Waals surface area contributed by atoms with Crippen LogP contribution in [0.5, 0.6) is 0 Å². The van der Waals surface area contributed by atoms with Crippen molar-refractivity contribution >= 4 is 15.7 Å². The van der Waals surface area contributed by atoms with Crippen LogP contribution in [0.4, 0.5) is 5.69 Å². The van der Waals surface area contributed by atoms with Gasteiger partial charge in [0.1, 0.15) is 0 Å². The smallest absolute Gasteiger partial charge is 0.261 e. The Balaban J connectivity index is 2.11. The highest BCUT2D eigenvalue weighted by Crippen LogP contribution is 2.20. The van der Waals surface area contributed by atoms with Gasteiger partial charge in [0.2, 0.25) is 0 Å². The highest BCUT2D eigenvalue weighted by molar-refractivity contribution is 7.92. The maximum absolute atomic E-state index is 12.4. The number of unbranched alkanes of at least 4 members (excludes halogenated alkanes) is 1. The van der Waals surface area contributed by atoms with E-state index < -0.39 is 10.0 Å². The Hall–Kier alpha value is -1.81. The summed E-state index contributed by atoms with van der Waals surface area (Å²) in [6, 6.07) is 14.7. The SMILES string of the molecule is CCCCc1ccc(S(=O)(=O)Nc2ccc(C(C)C)cc2)cc1. The van der Waals surface area contributed by atoms with Gasteiger partial charge in [0, 0.05) is 5.69 Å². The molecule has 2 rings (SSSR count). The van der Waals surface area contributed by atoms with E-state index in [9.17, 15) is 8.42 Å². The predicted molar refractivity (Wildman–Crippen MR) is 96.4 cm³/mol. The summed E-state index contributed by atoms with van der Waals surface area (Å²) in [5, 5.41) is 0. The summed E-state index contributed by atoms with van der Waals surface area (Å²) in [7, 11) is -3.53. The van der Waals surface area contributed by atoms with Crippen molar-refractivity contribution in [3.8, 4) is 0 Å². The van der Waals surface area contributed by atoms with Crippen molar-refractivity contribution in [2.75, 3.05) is 4.72 Å². The number of aryl methyl sites for hydroxylation is 1. The van der Waals surface area contributed by atoms with Gasteiger partial charge in [-0.15, -0.1) is 0 Å². The number of sulfonamides is 1. The van der Waals surface area contributed by atoms with E-state index in [1.165, 1.54) is 11.1 Å². The van der Waals surface area contributed by atoms with E-state index in [2.05, 4.69) is 25.5 Å². The summed E-state index contributed by atoms with van der Waals surface area (Å²) >= 11 is 0. The third kappa shape index (κ3) is 4.83. The lowest BCUT2D eigenvalue weighted by atomic mass is 10.0. The molecule has 4 heteroatoms. The van der Waals surface area contributed by atoms with Crippen molar-refractivity contribution in [2.24, 2.45) is 0 Å². The van der Waals surface area contributed by atoms with Gasteiger partial charge in [-0.3, -0.25) is 4.72 Å². The Morgan fingerprint density at radius 1 is 0.957 bits per heavy atom. The summed E-state index contributed by atoms with van der Waals surface area (Å²) < 4.78 is 27.5. The van der Waals surface area contributed by atoms with Crippen molar-refractivity contribution < 1.29 is 8.42 Å². The molecule has 0 aliphatic rings. The Labute approximate surface area is 139 Å². The van der Waals surface area contributed by atoms with Crippen molar-refractivity contribution in [3.63, 3.8) is 0 Å². The third-order valence-corrected chi connectivity index (χ3v) is 5.28. The summed E-state index contributed by atoms with van der Waals surface area (Å²) in [6.45, 7) is 6.37. The molecule has 0 fully saturated rings. The van der Waals surface area contributed by atoms with E-state index in [0.717, 1.165) is 19.3 Å². The monoisotopic (exact) mass is 331 g/mol. The van der Waals surface area contributed by atoms with Crippen LogP contribution in [-0.2, 0) is 16.4 Å². The topological polar surface area (TPSA) is 46.2 Å². The van der Waals surface area contributed by atoms with E-state index in [0.29, 0.717) is 16.5 Å². The van der Waals surface area contributed by atoms with Crippen LogP contribution >= 0.6 is 0 Å². The second kappa shape index (κ2) is 7.64. The molecular formula is C19H25NO2S. The number of nitrogens with one attached hydrogen (secondary N) is 1. The first kappa shape index (κ1) is 17.5. The van der Waals surface area contributed by atoms with Gasteiger partial charge in [0.05, 0.1) is 4.90 Å². The molecule has 1 N–H and O–H groups in total. The van der Waals surface area contributed by atoms with Crippen LogP contribution in [0.3, 0.4) is 0 Å². The number of anilines is 1. The molecule has 0 atom stereocenters. The lowest BCUT2D eigenvalue weighted by Gasteiger charge is -2.10. The van der Waals surface area contributed by atoms with Gasteiger partial charge < -0.3 is 0 Å². The summed E-state index contributed by atoms with van der Waals surface area (Å²) in [4.78, 5) is 0.297. The van der Waals surface area contributed by atoms with Gasteiger partial charge in [-0.05, 0) is 54.2 Å². The molecule has 0 bridgehead atoms. The first-order chi connectivity index (χ1) is 10.9. The zero-order valence-electron chi connectivity index (χ0n) is 14.0. The molecule has 0 saturated carbocycles. The van der Waals surface area contributed by atoms with Crippen LogP contribution in [0.15, 0.2) is 53.4 Å². The molecule has 124 valence electrons. The Morgan fingerprint density at radius 2 is 1.57 bits per heavy atom. The third-order valence-electron chi connectivity index (χ3n) is 3.88. The van der Waals surface area contributed by atoms with Gasteiger partial charge in [0.15, 0.2) is 0 Å². The molecule has 2 aromatic rings. The lowest BCUT2D eigenvalue weighted by Crippen LogP contribution is -2.13. The zero-order chi connectivity index (χ0) is 16.9. The molecule has 0 amide bonds. The fourth-order valence-electron chi connectivity index (χ4n) is 2.37. The molecule has 0 heterocycles. The molecule has 3 nitrogen and oxygen atoms in total. The minimum atomic E-state index is -3.53. The molecule has 0 spiro atoms. The summed E-state index contributed by atoms with van der Waals surface area (Å²) in [6.07, 6.45) is 3.24. The van der Waals surface area contributed by atoms with Gasteiger partial charge in [-0.25, -0.2) is 8.42 Å². The zero-order valence-corrected chi connectivity index (χ0v) is 14.9. The van der Waals surface area contributed by atoms with E-state index in [4.69, 9.17) is 0 Å². The van der Waals surface area contributed by atoms with Crippen molar-refractivity contribution in [1.29, 1.82) is 0 Å². The van der Waals surface area contributed by atoms with Crippen LogP contribution in [0.25, 0.3) is 0 Å². The van der Waals surface area contributed by atoms with Crippen LogP contribution in [0, 0.1) is 0 Å². The Bertz CT molecular complexity index is 717. The minimum Gasteiger partial charge on any atom is -0.280 e. The maximum Gasteiger partial charge on any atom is 0.261 e. The Morgan fingerprint density at radius 3 is 2.09 bits per heavy atom. The van der Waals surface area contributed by atoms with Crippen molar-refractivity contribution in [2.45, 2.75) is 50.8 Å². The van der Waals surface area contributed by atoms with Crippen LogP contribution in [-0.4, -0.2) is 8.42 Å². The average molecular weight is 331 g/mol. The standard InChI is InChI=1S/C19H25NO2S/c1-4-5-6-16-7-13-19(14-8-16)23(21,22)20-18-11-9-17(10-12-18)15(2)3/h7-15,20H,4-6H2,1-3H3. The van der Waals surface area contributed by atoms with Crippen molar-refractivity contribution in [1.82, 2.24) is 0 Å². The lowest BCUT2D eigenvalue weighted by molar-refractivity contribution is 0.601. The second-order valence-electron chi connectivity index (χ2n) is 6.13. The fourth-order valence-corrected chi connectivity index (χ4v) is 3.42. The summed E-state index contributed by atoms with van der Waals surface area (Å²) in [5.74, 6) is 0.427. The molecule has 0 saturated heterocycles. The molecule has 23 heavy (non-hydrogen) atoms. The highest BCUT2D eigenvalue weighted by Gasteiger charge is 2.14. The predicted octanol–water partition coefficient (Wildman–Crippen LogP) is 4.95. The molecule has 0 aliphatic carbocycles. The molecule has 0 unspecified atom stereocenters. The molecular weight excluding hydrogens is 306 g/mol. The number of rotatable bonds is 7. The first-order valence-electron chi connectivity index (χ1n) is 8.14.